The second kappa shape index (κ2) is 4.40. The molecule has 2 atom stereocenters. The molecule has 3 heteroatoms. The van der Waals surface area contributed by atoms with E-state index < -0.39 is 0 Å². The topological polar surface area (TPSA) is 24.5 Å². The van der Waals surface area contributed by atoms with Crippen LogP contribution in [0.2, 0.25) is 0 Å². The standard InChI is InChI=1S/C12H22N2O/c1-2-10-8-13-9-11(3-1)12(10)14-4-6-15-7-5-14/h10-13H,1-9H2/t10-,11-/m1/s1. The predicted molar refractivity (Wildman–Crippen MR) is 59.9 cm³/mol. The highest BCUT2D eigenvalue weighted by Gasteiger charge is 2.39. The molecule has 3 nitrogen and oxygen atoms in total. The molecule has 0 amide bonds. The molecule has 2 heterocycles. The third-order valence-corrected chi connectivity index (χ3v) is 4.40. The average molecular weight is 210 g/mol. The Kier molecular flexibility index (Phi) is 2.95. The zero-order valence-electron chi connectivity index (χ0n) is 9.45. The molecule has 1 N–H and O–H groups in total. The predicted octanol–water partition coefficient (Wildman–Crippen LogP) is 0.707. The molecule has 0 spiro atoms. The van der Waals surface area contributed by atoms with E-state index in [-0.39, 0.29) is 0 Å². The van der Waals surface area contributed by atoms with Crippen molar-refractivity contribution in [3.63, 3.8) is 0 Å². The maximum Gasteiger partial charge on any atom is 0.0594 e. The summed E-state index contributed by atoms with van der Waals surface area (Å²) in [5.41, 5.74) is 0. The van der Waals surface area contributed by atoms with Crippen LogP contribution in [0.5, 0.6) is 0 Å². The number of nitrogens with zero attached hydrogens (tertiary/aromatic N) is 1. The van der Waals surface area contributed by atoms with Crippen molar-refractivity contribution in [1.29, 1.82) is 0 Å². The summed E-state index contributed by atoms with van der Waals surface area (Å²) in [5.74, 6) is 1.83. The van der Waals surface area contributed by atoms with Crippen molar-refractivity contribution in [1.82, 2.24) is 10.2 Å². The minimum absolute atomic E-state index is 0.865. The highest BCUT2D eigenvalue weighted by molar-refractivity contribution is 4.95. The average Bonchev–Trinajstić information content (AvgIpc) is 2.29. The second-order valence-electron chi connectivity index (χ2n) is 5.25. The van der Waals surface area contributed by atoms with E-state index >= 15 is 0 Å². The van der Waals surface area contributed by atoms with Gasteiger partial charge in [-0.3, -0.25) is 4.90 Å². The van der Waals surface area contributed by atoms with E-state index in [1.165, 1.54) is 32.4 Å². The molecule has 0 unspecified atom stereocenters. The Balaban J connectivity index is 1.71. The molecule has 0 aromatic heterocycles. The van der Waals surface area contributed by atoms with E-state index in [1.54, 1.807) is 0 Å². The lowest BCUT2D eigenvalue weighted by Crippen LogP contribution is -2.59. The number of ether oxygens (including phenoxy) is 1. The maximum absolute atomic E-state index is 5.46. The lowest BCUT2D eigenvalue weighted by Gasteiger charge is -2.49. The van der Waals surface area contributed by atoms with Crippen molar-refractivity contribution in [2.24, 2.45) is 11.8 Å². The maximum atomic E-state index is 5.46. The van der Waals surface area contributed by atoms with E-state index in [1.807, 2.05) is 0 Å². The van der Waals surface area contributed by atoms with Gasteiger partial charge in [0.05, 0.1) is 13.2 Å². The van der Waals surface area contributed by atoms with E-state index in [4.69, 9.17) is 4.74 Å². The Morgan fingerprint density at radius 1 is 1.00 bits per heavy atom. The van der Waals surface area contributed by atoms with Gasteiger partial charge in [-0.2, -0.15) is 0 Å². The first-order valence-corrected chi connectivity index (χ1v) is 6.47. The van der Waals surface area contributed by atoms with Crippen molar-refractivity contribution >= 4 is 0 Å². The highest BCUT2D eigenvalue weighted by Crippen LogP contribution is 2.35. The normalized spacial score (nSPS) is 42.8. The van der Waals surface area contributed by atoms with Gasteiger partial charge in [0, 0.05) is 19.1 Å². The molecule has 3 rings (SSSR count). The lowest BCUT2D eigenvalue weighted by atomic mass is 9.73. The van der Waals surface area contributed by atoms with Crippen molar-refractivity contribution in [3.8, 4) is 0 Å². The monoisotopic (exact) mass is 210 g/mol. The number of rotatable bonds is 1. The van der Waals surface area contributed by atoms with Crippen LogP contribution < -0.4 is 5.32 Å². The lowest BCUT2D eigenvalue weighted by molar-refractivity contribution is -0.0361. The fraction of sp³-hybridized carbons (Fsp3) is 1.00. The van der Waals surface area contributed by atoms with Crippen LogP contribution >= 0.6 is 0 Å². The molecule has 3 fully saturated rings. The van der Waals surface area contributed by atoms with Crippen LogP contribution in [0.1, 0.15) is 19.3 Å². The van der Waals surface area contributed by atoms with Crippen LogP contribution in [0.4, 0.5) is 0 Å². The third kappa shape index (κ3) is 1.93. The number of nitrogens with one attached hydrogen (secondary N) is 1. The fourth-order valence-corrected chi connectivity index (χ4v) is 3.74. The molecule has 15 heavy (non-hydrogen) atoms. The van der Waals surface area contributed by atoms with Gasteiger partial charge in [-0.15, -0.1) is 0 Å². The zero-order chi connectivity index (χ0) is 10.1. The van der Waals surface area contributed by atoms with E-state index in [9.17, 15) is 0 Å². The van der Waals surface area contributed by atoms with E-state index in [0.717, 1.165) is 44.2 Å². The molecule has 1 aliphatic carbocycles. The molecule has 86 valence electrons. The first-order valence-electron chi connectivity index (χ1n) is 6.47. The summed E-state index contributed by atoms with van der Waals surface area (Å²) in [4.78, 5) is 2.71. The molecule has 0 aromatic carbocycles. The van der Waals surface area contributed by atoms with Gasteiger partial charge in [-0.25, -0.2) is 0 Å². The Hall–Kier alpha value is -0.120. The molecule has 1 saturated carbocycles. The molecule has 0 aromatic rings. The van der Waals surface area contributed by atoms with Crippen LogP contribution in [0.15, 0.2) is 0 Å². The number of morpholine rings is 1. The quantitative estimate of drug-likeness (QED) is 0.690. The summed E-state index contributed by atoms with van der Waals surface area (Å²) in [5, 5.41) is 3.60. The van der Waals surface area contributed by atoms with Gasteiger partial charge in [0.1, 0.15) is 0 Å². The summed E-state index contributed by atoms with van der Waals surface area (Å²) in [7, 11) is 0. The minimum atomic E-state index is 0.865. The number of piperidine rings is 1. The summed E-state index contributed by atoms with van der Waals surface area (Å²) >= 11 is 0. The van der Waals surface area contributed by atoms with Gasteiger partial charge in [-0.1, -0.05) is 6.42 Å². The first-order chi connectivity index (χ1) is 7.45. The highest BCUT2D eigenvalue weighted by atomic mass is 16.5. The Morgan fingerprint density at radius 3 is 2.33 bits per heavy atom. The molecular weight excluding hydrogens is 188 g/mol. The largest absolute Gasteiger partial charge is 0.379 e. The second-order valence-corrected chi connectivity index (χ2v) is 5.25. The van der Waals surface area contributed by atoms with Gasteiger partial charge in [0.25, 0.3) is 0 Å². The summed E-state index contributed by atoms with van der Waals surface area (Å²) < 4.78 is 5.46. The van der Waals surface area contributed by atoms with Gasteiger partial charge < -0.3 is 10.1 Å². The zero-order valence-corrected chi connectivity index (χ0v) is 9.45. The van der Waals surface area contributed by atoms with Gasteiger partial charge in [0.15, 0.2) is 0 Å². The third-order valence-electron chi connectivity index (χ3n) is 4.40. The molecule has 2 aliphatic heterocycles. The van der Waals surface area contributed by atoms with Crippen LogP contribution in [-0.2, 0) is 4.74 Å². The smallest absolute Gasteiger partial charge is 0.0594 e. The Bertz CT molecular complexity index is 194. The van der Waals surface area contributed by atoms with Crippen molar-refractivity contribution < 1.29 is 4.74 Å². The van der Waals surface area contributed by atoms with Crippen LogP contribution in [0.3, 0.4) is 0 Å². The van der Waals surface area contributed by atoms with Gasteiger partial charge in [-0.05, 0) is 37.8 Å². The van der Waals surface area contributed by atoms with E-state index in [2.05, 4.69) is 10.2 Å². The van der Waals surface area contributed by atoms with Crippen molar-refractivity contribution in [3.05, 3.63) is 0 Å². The molecule has 3 aliphatic rings. The molecule has 0 radical (unpaired) electrons. The number of hydrogen-bond donors (Lipinski definition) is 1. The van der Waals surface area contributed by atoms with Crippen LogP contribution in [0, 0.1) is 11.8 Å². The molecular formula is C12H22N2O. The van der Waals surface area contributed by atoms with Crippen LogP contribution in [0.25, 0.3) is 0 Å². The summed E-state index contributed by atoms with van der Waals surface area (Å²) in [6.07, 6.45) is 4.33. The Morgan fingerprint density at radius 2 is 1.67 bits per heavy atom. The fourth-order valence-electron chi connectivity index (χ4n) is 3.74. The summed E-state index contributed by atoms with van der Waals surface area (Å²) in [6.45, 7) is 6.72. The first kappa shape index (κ1) is 10.1. The van der Waals surface area contributed by atoms with Crippen LogP contribution in [-0.4, -0.2) is 50.3 Å². The van der Waals surface area contributed by atoms with Gasteiger partial charge >= 0.3 is 0 Å². The van der Waals surface area contributed by atoms with Gasteiger partial charge in [0.2, 0.25) is 0 Å². The number of fused-ring (bicyclic) bond motifs is 2. The SMILES string of the molecule is C1C[C@@H]2CNC[C@@H](C1)C2N1CCOCC1. The summed E-state index contributed by atoms with van der Waals surface area (Å²) in [6, 6.07) is 0.865. The minimum Gasteiger partial charge on any atom is -0.379 e. The molecule has 2 saturated heterocycles. The Labute approximate surface area is 92.2 Å². The van der Waals surface area contributed by atoms with E-state index in [0.29, 0.717) is 0 Å². The van der Waals surface area contributed by atoms with Crippen molar-refractivity contribution in [2.75, 3.05) is 39.4 Å². The van der Waals surface area contributed by atoms with Crippen molar-refractivity contribution in [2.45, 2.75) is 25.3 Å². The number of hydrogen-bond acceptors (Lipinski definition) is 3. The molecule has 2 bridgehead atoms.